The number of benzene rings is 2. The first-order chi connectivity index (χ1) is 15.0. The largest absolute Gasteiger partial charge is 0.545 e. The van der Waals surface area contributed by atoms with E-state index in [1.807, 2.05) is 30.5 Å². The molecule has 0 aliphatic carbocycles. The Balaban J connectivity index is 1.94. The maximum Gasteiger partial charge on any atom is 0.250 e. The van der Waals surface area contributed by atoms with Gasteiger partial charge in [0.25, 0.3) is 0 Å². The van der Waals surface area contributed by atoms with E-state index in [1.54, 1.807) is 24.3 Å². The lowest BCUT2D eigenvalue weighted by Crippen LogP contribution is -2.41. The number of hydrogen-bond acceptors (Lipinski definition) is 4. The number of nitrogens with zero attached hydrogens (tertiary/aromatic N) is 1. The molecule has 1 aliphatic heterocycles. The zero-order valence-electron chi connectivity index (χ0n) is 19.8. The lowest BCUT2D eigenvalue weighted by molar-refractivity contribution is 0.298. The summed E-state index contributed by atoms with van der Waals surface area (Å²) in [6.45, 7) is 12.4. The highest BCUT2D eigenvalue weighted by molar-refractivity contribution is 7.95. The fourth-order valence-corrected chi connectivity index (χ4v) is 5.99. The molecule has 32 heavy (non-hydrogen) atoms. The minimum Gasteiger partial charge on any atom is -0.545 e. The van der Waals surface area contributed by atoms with Crippen LogP contribution in [0.15, 0.2) is 88.5 Å². The van der Waals surface area contributed by atoms with E-state index in [-0.39, 0.29) is 5.04 Å². The fourth-order valence-electron chi connectivity index (χ4n) is 3.38. The van der Waals surface area contributed by atoms with E-state index in [9.17, 15) is 8.42 Å². The normalized spacial score (nSPS) is 19.2. The summed E-state index contributed by atoms with van der Waals surface area (Å²) < 4.78 is 33.3. The van der Waals surface area contributed by atoms with E-state index in [1.165, 1.54) is 0 Å². The molecule has 2 aromatic rings. The molecule has 0 radical (unpaired) electrons. The monoisotopic (exact) mass is 469 g/mol. The van der Waals surface area contributed by atoms with E-state index >= 15 is 0 Å². The van der Waals surface area contributed by atoms with E-state index in [4.69, 9.17) is 4.43 Å². The summed E-state index contributed by atoms with van der Waals surface area (Å²) in [6.07, 6.45) is 5.01. The van der Waals surface area contributed by atoms with Gasteiger partial charge in [-0.2, -0.15) is 0 Å². The quantitative estimate of drug-likeness (QED) is 0.453. The van der Waals surface area contributed by atoms with Crippen LogP contribution in [0, 0.1) is 0 Å². The fraction of sp³-hybridized carbons (Fsp3) is 0.385. The Morgan fingerprint density at radius 1 is 0.969 bits per heavy atom. The van der Waals surface area contributed by atoms with E-state index in [0.717, 1.165) is 11.3 Å². The molecule has 0 saturated carbocycles. The van der Waals surface area contributed by atoms with Crippen molar-refractivity contribution in [1.29, 1.82) is 0 Å². The molecule has 1 heterocycles. The molecule has 0 saturated heterocycles. The smallest absolute Gasteiger partial charge is 0.250 e. The summed E-state index contributed by atoms with van der Waals surface area (Å²) in [5.41, 5.74) is 1.13. The number of rotatable bonds is 6. The van der Waals surface area contributed by atoms with Crippen LogP contribution in [0.5, 0.6) is 0 Å². The predicted octanol–water partition coefficient (Wildman–Crippen LogP) is 6.50. The topological polar surface area (TPSA) is 46.6 Å². The maximum atomic E-state index is 13.4. The van der Waals surface area contributed by atoms with Gasteiger partial charge in [0.05, 0.1) is 22.1 Å². The summed E-state index contributed by atoms with van der Waals surface area (Å²) in [6, 6.07) is 18.8. The first-order valence-corrected chi connectivity index (χ1v) is 15.5. The molecule has 0 aromatic heterocycles. The zero-order chi connectivity index (χ0) is 23.4. The summed E-state index contributed by atoms with van der Waals surface area (Å²) >= 11 is 0. The molecule has 3 rings (SSSR count). The van der Waals surface area contributed by atoms with Crippen molar-refractivity contribution in [1.82, 2.24) is 4.90 Å². The van der Waals surface area contributed by atoms with Gasteiger partial charge in [0.1, 0.15) is 0 Å². The van der Waals surface area contributed by atoms with Gasteiger partial charge in [-0.05, 0) is 54.7 Å². The van der Waals surface area contributed by atoms with Crippen LogP contribution in [-0.2, 0) is 20.8 Å². The Bertz CT molecular complexity index is 1070. The Hall–Kier alpha value is -2.31. The highest BCUT2D eigenvalue weighted by Crippen LogP contribution is 2.38. The number of sulfone groups is 1. The maximum absolute atomic E-state index is 13.4. The van der Waals surface area contributed by atoms with Crippen LogP contribution in [-0.4, -0.2) is 28.2 Å². The first-order valence-electron chi connectivity index (χ1n) is 11.2. The Morgan fingerprint density at radius 3 is 2.16 bits per heavy atom. The lowest BCUT2D eigenvalue weighted by Gasteiger charge is -2.38. The Labute approximate surface area is 194 Å². The van der Waals surface area contributed by atoms with Crippen molar-refractivity contribution in [3.8, 4) is 0 Å². The minimum atomic E-state index is -3.54. The van der Waals surface area contributed by atoms with Gasteiger partial charge in [-0.1, -0.05) is 69.3 Å². The van der Waals surface area contributed by atoms with Crippen molar-refractivity contribution in [3.63, 3.8) is 0 Å². The van der Waals surface area contributed by atoms with Crippen LogP contribution in [0.3, 0.4) is 0 Å². The molecule has 1 aliphatic rings. The molecule has 0 bridgehead atoms. The summed E-state index contributed by atoms with van der Waals surface area (Å²) in [5, 5.41) is 0.0954. The zero-order valence-corrected chi connectivity index (χ0v) is 21.7. The third-order valence-corrected chi connectivity index (χ3v) is 12.5. The van der Waals surface area contributed by atoms with Gasteiger partial charge in [0, 0.05) is 12.7 Å². The minimum absolute atomic E-state index is 0.0954. The van der Waals surface area contributed by atoms with Crippen LogP contribution < -0.4 is 0 Å². The van der Waals surface area contributed by atoms with Crippen molar-refractivity contribution in [2.75, 3.05) is 6.54 Å². The van der Waals surface area contributed by atoms with Crippen molar-refractivity contribution >= 4 is 18.2 Å². The molecule has 4 nitrogen and oxygen atoms in total. The van der Waals surface area contributed by atoms with Crippen molar-refractivity contribution in [2.24, 2.45) is 0 Å². The molecule has 172 valence electrons. The second kappa shape index (κ2) is 9.67. The van der Waals surface area contributed by atoms with Gasteiger partial charge in [-0.3, -0.25) is 0 Å². The Morgan fingerprint density at radius 2 is 1.56 bits per heavy atom. The van der Waals surface area contributed by atoms with Crippen molar-refractivity contribution in [3.05, 3.63) is 89.2 Å². The van der Waals surface area contributed by atoms with Crippen LogP contribution in [0.25, 0.3) is 0 Å². The summed E-state index contributed by atoms with van der Waals surface area (Å²) in [7, 11) is -5.54. The molecule has 0 spiro atoms. The van der Waals surface area contributed by atoms with Gasteiger partial charge in [0.2, 0.25) is 18.2 Å². The summed E-state index contributed by atoms with van der Waals surface area (Å²) in [4.78, 5) is 2.86. The molecule has 6 heteroatoms. The number of allylic oxidation sites excluding steroid dienone is 2. The average molecular weight is 470 g/mol. The Kier molecular flexibility index (Phi) is 7.35. The van der Waals surface area contributed by atoms with E-state index < -0.39 is 18.2 Å². The van der Waals surface area contributed by atoms with Crippen LogP contribution in [0.1, 0.15) is 39.2 Å². The molecule has 0 fully saturated rings. The number of hydrogen-bond donors (Lipinski definition) is 0. The highest BCUT2D eigenvalue weighted by atomic mass is 32.2. The SMILES string of the molecule is CC(C)(C)[Si](C)(C)O/C1=C/CC/C(S(=O)(=O)c2ccccc2)=C\N(Cc2ccccc2)C1. The van der Waals surface area contributed by atoms with Gasteiger partial charge >= 0.3 is 0 Å². The van der Waals surface area contributed by atoms with Crippen LogP contribution in [0.2, 0.25) is 18.1 Å². The van der Waals surface area contributed by atoms with Crippen molar-refractivity contribution < 1.29 is 12.8 Å². The van der Waals surface area contributed by atoms with Crippen LogP contribution in [0.4, 0.5) is 0 Å². The molecule has 0 atom stereocenters. The standard InChI is InChI=1S/C26H35NO3SSi/c1-26(2,3)32(4,5)30-23-15-12-18-25(31(28,29)24-16-10-7-11-17-24)21-27(20-23)19-22-13-8-6-9-14-22/h6-11,13-17,21H,12,18-20H2,1-5H3/b23-15+,25-21+. The highest BCUT2D eigenvalue weighted by Gasteiger charge is 2.39. The van der Waals surface area contributed by atoms with E-state index in [2.05, 4.69) is 57.0 Å². The lowest BCUT2D eigenvalue weighted by atomic mass is 10.2. The molecule has 2 aromatic carbocycles. The molecular formula is C26H35NO3SSi. The molecule has 0 unspecified atom stereocenters. The second-order valence-electron chi connectivity index (χ2n) is 9.87. The third-order valence-electron chi connectivity index (χ3n) is 6.27. The average Bonchev–Trinajstić information content (AvgIpc) is 2.71. The molecule has 0 N–H and O–H groups in total. The van der Waals surface area contributed by atoms with Gasteiger partial charge in [-0.15, -0.1) is 0 Å². The molecular weight excluding hydrogens is 434 g/mol. The molecule has 0 amide bonds. The summed E-state index contributed by atoms with van der Waals surface area (Å²) in [5.74, 6) is 0.944. The van der Waals surface area contributed by atoms with Gasteiger partial charge < -0.3 is 9.33 Å². The predicted molar refractivity (Wildman–Crippen MR) is 134 cm³/mol. The van der Waals surface area contributed by atoms with Gasteiger partial charge in [-0.25, -0.2) is 8.42 Å². The van der Waals surface area contributed by atoms with Crippen molar-refractivity contribution in [2.45, 2.75) is 63.2 Å². The van der Waals surface area contributed by atoms with Gasteiger partial charge in [0.15, 0.2) is 0 Å². The third kappa shape index (κ3) is 5.93. The first kappa shape index (κ1) is 24.3. The second-order valence-corrected chi connectivity index (χ2v) is 16.6. The van der Waals surface area contributed by atoms with E-state index in [0.29, 0.717) is 35.7 Å². The van der Waals surface area contributed by atoms with Crippen LogP contribution >= 0.6 is 0 Å².